The predicted octanol–water partition coefficient (Wildman–Crippen LogP) is 7.30. The Hall–Kier alpha value is -6.01. The van der Waals surface area contributed by atoms with Crippen LogP contribution in [0.4, 0.5) is 4.79 Å². The Morgan fingerprint density at radius 1 is 0.800 bits per heavy atom. The average Bonchev–Trinajstić information content (AvgIpc) is 3.95. The number of rotatable bonds is 11. The topological polar surface area (TPSA) is 148 Å². The molecule has 0 bridgehead atoms. The lowest BCUT2D eigenvalue weighted by molar-refractivity contribution is -0.135. The van der Waals surface area contributed by atoms with E-state index in [2.05, 4.69) is 69.1 Å². The maximum absolute atomic E-state index is 13.6. The summed E-state index contributed by atoms with van der Waals surface area (Å²) in [6.45, 7) is 6.36. The zero-order valence-electron chi connectivity index (χ0n) is 32.1. The van der Waals surface area contributed by atoms with Gasteiger partial charge < -0.3 is 30.2 Å². The van der Waals surface area contributed by atoms with E-state index in [9.17, 15) is 14.4 Å². The highest BCUT2D eigenvalue weighted by Gasteiger charge is 2.37. The molecule has 0 aliphatic carbocycles. The zero-order chi connectivity index (χ0) is 38.8. The summed E-state index contributed by atoms with van der Waals surface area (Å²) in [7, 11) is 5.10. The van der Waals surface area contributed by atoms with Crippen LogP contribution in [0.3, 0.4) is 0 Å². The molecule has 4 N–H and O–H groups in total. The van der Waals surface area contributed by atoms with Crippen molar-refractivity contribution in [3.63, 3.8) is 0 Å². The number of benzene rings is 4. The van der Waals surface area contributed by atoms with Crippen molar-refractivity contribution < 1.29 is 19.1 Å². The summed E-state index contributed by atoms with van der Waals surface area (Å²) in [5, 5.41) is 5.85. The molecule has 0 spiro atoms. The van der Waals surface area contributed by atoms with Gasteiger partial charge in [-0.15, -0.1) is 0 Å². The van der Waals surface area contributed by atoms with Crippen LogP contribution in [0.2, 0.25) is 0 Å². The number of likely N-dealkylation sites (N-methyl/N-ethyl adjacent to an activating group) is 1. The van der Waals surface area contributed by atoms with Crippen molar-refractivity contribution in [1.29, 1.82) is 0 Å². The number of ether oxygens (including phenoxy) is 1. The van der Waals surface area contributed by atoms with Gasteiger partial charge in [0.25, 0.3) is 0 Å². The fourth-order valence-corrected chi connectivity index (χ4v) is 7.51. The highest BCUT2D eigenvalue weighted by atomic mass is 16.5. The molecule has 2 aromatic heterocycles. The Labute approximate surface area is 320 Å². The first-order valence-corrected chi connectivity index (χ1v) is 18.8. The summed E-state index contributed by atoms with van der Waals surface area (Å²) in [6, 6.07) is 28.9. The molecule has 4 atom stereocenters. The Morgan fingerprint density at radius 2 is 1.40 bits per heavy atom. The van der Waals surface area contributed by atoms with E-state index in [0.29, 0.717) is 12.4 Å². The zero-order valence-corrected chi connectivity index (χ0v) is 32.1. The molecule has 0 unspecified atom stereocenters. The van der Waals surface area contributed by atoms with Crippen molar-refractivity contribution in [2.75, 3.05) is 27.7 Å². The van der Waals surface area contributed by atoms with Crippen LogP contribution in [-0.4, -0.2) is 81.4 Å². The molecule has 1 aliphatic rings. The summed E-state index contributed by atoms with van der Waals surface area (Å²) < 4.78 is 4.77. The van der Waals surface area contributed by atoms with Gasteiger partial charge in [0.05, 0.1) is 41.3 Å². The van der Waals surface area contributed by atoms with Crippen LogP contribution >= 0.6 is 0 Å². The van der Waals surface area contributed by atoms with Crippen LogP contribution in [0.1, 0.15) is 69.0 Å². The van der Waals surface area contributed by atoms with E-state index in [1.165, 1.54) is 7.11 Å². The number of nitrogens with zero attached hydrogens (tertiary/aromatic N) is 4. The fourth-order valence-electron chi connectivity index (χ4n) is 7.51. The van der Waals surface area contributed by atoms with Crippen LogP contribution in [0.5, 0.6) is 0 Å². The summed E-state index contributed by atoms with van der Waals surface area (Å²) in [5.74, 6) is 1.12. The summed E-state index contributed by atoms with van der Waals surface area (Å²) in [4.78, 5) is 59.3. The van der Waals surface area contributed by atoms with Crippen LogP contribution in [-0.2, 0) is 14.3 Å². The minimum Gasteiger partial charge on any atom is -0.453 e. The van der Waals surface area contributed by atoms with Gasteiger partial charge in [-0.3, -0.25) is 14.5 Å². The summed E-state index contributed by atoms with van der Waals surface area (Å²) >= 11 is 0. The van der Waals surface area contributed by atoms with Crippen molar-refractivity contribution >= 4 is 40.0 Å². The van der Waals surface area contributed by atoms with Gasteiger partial charge in [-0.1, -0.05) is 80.6 Å². The van der Waals surface area contributed by atoms with Crippen molar-refractivity contribution in [2.24, 2.45) is 5.92 Å². The van der Waals surface area contributed by atoms with E-state index in [-0.39, 0.29) is 29.8 Å². The van der Waals surface area contributed by atoms with Crippen LogP contribution in [0.15, 0.2) is 91.0 Å². The van der Waals surface area contributed by atoms with Crippen molar-refractivity contribution in [2.45, 2.75) is 57.8 Å². The summed E-state index contributed by atoms with van der Waals surface area (Å²) in [5.41, 5.74) is 8.61. The minimum absolute atomic E-state index is 0.0874. The number of aromatic amines is 2. The van der Waals surface area contributed by atoms with Gasteiger partial charge in [0, 0.05) is 6.54 Å². The number of nitrogens with one attached hydrogen (secondary N) is 4. The highest BCUT2D eigenvalue weighted by Crippen LogP contribution is 2.34. The predicted molar refractivity (Wildman–Crippen MR) is 214 cm³/mol. The smallest absolute Gasteiger partial charge is 0.407 e. The molecule has 4 aromatic carbocycles. The van der Waals surface area contributed by atoms with Crippen molar-refractivity contribution in [3.05, 3.63) is 108 Å². The van der Waals surface area contributed by atoms with Gasteiger partial charge in [0.2, 0.25) is 11.8 Å². The molecule has 284 valence electrons. The monoisotopic (exact) mass is 740 g/mol. The molecule has 1 fully saturated rings. The van der Waals surface area contributed by atoms with E-state index in [1.54, 1.807) is 0 Å². The lowest BCUT2D eigenvalue weighted by Crippen LogP contribution is -2.51. The molecule has 1 saturated heterocycles. The average molecular weight is 741 g/mol. The third-order valence-corrected chi connectivity index (χ3v) is 10.4. The lowest BCUT2D eigenvalue weighted by atomic mass is 10.00. The number of aromatic nitrogens is 4. The lowest BCUT2D eigenvalue weighted by Gasteiger charge is -2.29. The summed E-state index contributed by atoms with van der Waals surface area (Å²) in [6.07, 6.45) is 1.02. The van der Waals surface area contributed by atoms with Crippen LogP contribution in [0, 0.1) is 5.92 Å². The first kappa shape index (κ1) is 37.3. The number of methoxy groups -OCH3 is 1. The number of carbonyl (C=O) groups is 3. The molecular weight excluding hydrogens is 693 g/mol. The SMILES string of the molecule is COC(=O)N[C@H](C(=O)N1CCC[C@H]1c1nc2ccc(-c3ccc(-c4ccc5nc([C@H](C)NC(=O)[C@@H](c6ccccc6)N(C)C)[nH]c5c4)cc3)cc2[nH]1)C(C)C. The van der Waals surface area contributed by atoms with E-state index in [0.717, 1.165) is 68.6 Å². The van der Waals surface area contributed by atoms with Gasteiger partial charge in [0.1, 0.15) is 23.7 Å². The van der Waals surface area contributed by atoms with Gasteiger partial charge in [0.15, 0.2) is 0 Å². The standard InChI is InChI=1S/C43H48N8O4/c1-25(2)37(49-43(54)55-6)42(53)51-22-10-13-36(51)40-46-33-21-19-31(24-35(33)48-40)28-16-14-27(15-17-28)30-18-20-32-34(23-30)47-39(45-32)26(3)44-41(52)38(50(4)5)29-11-8-7-9-12-29/h7-9,11-12,14-21,23-26,36-38H,10,13,22H2,1-6H3,(H,44,52)(H,45,47)(H,46,48)(H,49,54)/t26-,36-,37-,38+/m0/s1. The van der Waals surface area contributed by atoms with Gasteiger partial charge in [-0.25, -0.2) is 14.8 Å². The Kier molecular flexibility index (Phi) is 10.7. The van der Waals surface area contributed by atoms with Crippen LogP contribution in [0.25, 0.3) is 44.3 Å². The molecule has 3 amide bonds. The number of carbonyl (C=O) groups excluding carboxylic acids is 3. The van der Waals surface area contributed by atoms with Gasteiger partial charge in [-0.05, 0) is 91.9 Å². The fraction of sp³-hybridized carbons (Fsp3) is 0.326. The largest absolute Gasteiger partial charge is 0.453 e. The van der Waals surface area contributed by atoms with E-state index in [4.69, 9.17) is 14.7 Å². The molecule has 0 radical (unpaired) electrons. The van der Waals surface area contributed by atoms with Crippen molar-refractivity contribution in [1.82, 2.24) is 40.4 Å². The Bertz CT molecular complexity index is 2310. The second kappa shape index (κ2) is 15.8. The minimum atomic E-state index is -0.685. The Balaban J connectivity index is 1.05. The third kappa shape index (κ3) is 7.81. The number of H-pyrrole nitrogens is 2. The molecule has 7 rings (SSSR count). The molecule has 55 heavy (non-hydrogen) atoms. The number of hydrogen-bond acceptors (Lipinski definition) is 7. The number of alkyl carbamates (subject to hydrolysis) is 1. The molecule has 0 saturated carbocycles. The molecule has 12 nitrogen and oxygen atoms in total. The normalized spacial score (nSPS) is 16.1. The van der Waals surface area contributed by atoms with Gasteiger partial charge >= 0.3 is 6.09 Å². The molecule has 6 aromatic rings. The highest BCUT2D eigenvalue weighted by molar-refractivity contribution is 5.88. The Morgan fingerprint density at radius 3 is 2.00 bits per heavy atom. The molecule has 12 heteroatoms. The number of fused-ring (bicyclic) bond motifs is 2. The maximum atomic E-state index is 13.6. The number of hydrogen-bond donors (Lipinski definition) is 4. The van der Waals surface area contributed by atoms with E-state index >= 15 is 0 Å². The first-order valence-electron chi connectivity index (χ1n) is 18.8. The molecule has 1 aliphatic heterocycles. The quantitative estimate of drug-likeness (QED) is 0.109. The second-order valence-electron chi connectivity index (χ2n) is 14.8. The number of imidazole rings is 2. The molecular formula is C43H48N8O4. The third-order valence-electron chi connectivity index (χ3n) is 10.4. The maximum Gasteiger partial charge on any atom is 0.407 e. The van der Waals surface area contributed by atoms with Crippen molar-refractivity contribution in [3.8, 4) is 22.3 Å². The molecule has 3 heterocycles. The van der Waals surface area contributed by atoms with Crippen LogP contribution < -0.4 is 10.6 Å². The first-order chi connectivity index (χ1) is 26.5. The van der Waals surface area contributed by atoms with E-state index < -0.39 is 18.2 Å². The number of likely N-dealkylation sites (tertiary alicyclic amines) is 1. The number of amides is 3. The van der Waals surface area contributed by atoms with E-state index in [1.807, 2.05) is 87.1 Å². The second-order valence-corrected chi connectivity index (χ2v) is 14.8. The van der Waals surface area contributed by atoms with Gasteiger partial charge in [-0.2, -0.15) is 0 Å².